The fourth-order valence-corrected chi connectivity index (χ4v) is 3.86. The minimum Gasteiger partial charge on any atom is -0.496 e. The van der Waals surface area contributed by atoms with Gasteiger partial charge >= 0.3 is 5.97 Å². The Morgan fingerprint density at radius 3 is 2.66 bits per heavy atom. The summed E-state index contributed by atoms with van der Waals surface area (Å²) >= 11 is 5.29. The van der Waals surface area contributed by atoms with Crippen LogP contribution in [0.2, 0.25) is 0 Å². The van der Waals surface area contributed by atoms with Crippen LogP contribution in [0.5, 0.6) is 11.5 Å². The predicted octanol–water partition coefficient (Wildman–Crippen LogP) is 2.89. The number of methoxy groups -OCH3 is 1. The number of hydrogen-bond acceptors (Lipinski definition) is 7. The molecule has 35 heavy (non-hydrogen) atoms. The number of ether oxygens (including phenoxy) is 3. The van der Waals surface area contributed by atoms with Crippen LogP contribution < -0.4 is 25.5 Å². The average Bonchev–Trinajstić information content (AvgIpc) is 2.82. The summed E-state index contributed by atoms with van der Waals surface area (Å²) in [7, 11) is 1.61. The summed E-state index contributed by atoms with van der Waals surface area (Å²) in [6.45, 7) is 5.38. The first-order valence-corrected chi connectivity index (χ1v) is 11.4. The van der Waals surface area contributed by atoms with E-state index >= 15 is 0 Å². The topological polar surface area (TPSA) is 110 Å². The molecule has 9 nitrogen and oxygen atoms in total. The van der Waals surface area contributed by atoms with Crippen molar-refractivity contribution in [1.82, 2.24) is 16.1 Å². The second-order valence-corrected chi connectivity index (χ2v) is 8.05. The van der Waals surface area contributed by atoms with E-state index in [1.54, 1.807) is 39.2 Å². The zero-order valence-corrected chi connectivity index (χ0v) is 20.8. The minimum atomic E-state index is -0.599. The van der Waals surface area contributed by atoms with Gasteiger partial charge in [-0.1, -0.05) is 18.2 Å². The van der Waals surface area contributed by atoms with Gasteiger partial charge in [0.2, 0.25) is 0 Å². The third-order valence-corrected chi connectivity index (χ3v) is 5.39. The van der Waals surface area contributed by atoms with E-state index in [1.165, 1.54) is 6.21 Å². The number of aryl methyl sites for hydroxylation is 1. The highest BCUT2D eigenvalue weighted by Crippen LogP contribution is 2.33. The fourth-order valence-electron chi connectivity index (χ4n) is 3.59. The highest BCUT2D eigenvalue weighted by atomic mass is 32.1. The van der Waals surface area contributed by atoms with Crippen LogP contribution in [0.3, 0.4) is 0 Å². The van der Waals surface area contributed by atoms with Crippen molar-refractivity contribution in [3.05, 3.63) is 70.4 Å². The third-order valence-electron chi connectivity index (χ3n) is 5.18. The maximum Gasteiger partial charge on any atom is 0.338 e. The van der Waals surface area contributed by atoms with Crippen molar-refractivity contribution in [2.75, 3.05) is 20.3 Å². The Morgan fingerprint density at radius 2 is 1.94 bits per heavy atom. The Bertz CT molecular complexity index is 1180. The second-order valence-electron chi connectivity index (χ2n) is 7.64. The first kappa shape index (κ1) is 25.7. The van der Waals surface area contributed by atoms with Crippen molar-refractivity contribution in [3.8, 4) is 11.5 Å². The molecule has 10 heteroatoms. The van der Waals surface area contributed by atoms with Crippen LogP contribution in [-0.4, -0.2) is 43.5 Å². The van der Waals surface area contributed by atoms with E-state index in [4.69, 9.17) is 26.4 Å². The van der Waals surface area contributed by atoms with Crippen LogP contribution in [0.1, 0.15) is 36.6 Å². The highest BCUT2D eigenvalue weighted by Gasteiger charge is 2.32. The molecule has 0 fully saturated rings. The van der Waals surface area contributed by atoms with Crippen LogP contribution >= 0.6 is 12.2 Å². The lowest BCUT2D eigenvalue weighted by atomic mass is 9.95. The number of hydrazone groups is 1. The van der Waals surface area contributed by atoms with Crippen molar-refractivity contribution < 1.29 is 23.8 Å². The molecule has 0 radical (unpaired) electrons. The Balaban J connectivity index is 1.69. The summed E-state index contributed by atoms with van der Waals surface area (Å²) in [6, 6.07) is 12.1. The molecule has 0 saturated heterocycles. The van der Waals surface area contributed by atoms with Crippen LogP contribution in [0.15, 0.2) is 58.8 Å². The Morgan fingerprint density at radius 1 is 1.17 bits per heavy atom. The van der Waals surface area contributed by atoms with Crippen molar-refractivity contribution in [3.63, 3.8) is 0 Å². The van der Waals surface area contributed by atoms with Gasteiger partial charge in [-0.05, 0) is 68.4 Å². The lowest BCUT2D eigenvalue weighted by Crippen LogP contribution is -2.45. The van der Waals surface area contributed by atoms with Crippen molar-refractivity contribution >= 4 is 35.4 Å². The number of benzene rings is 2. The molecule has 2 aromatic carbocycles. The number of carbonyl (C=O) groups is 2. The fraction of sp³-hybridized carbons (Fsp3) is 0.280. The number of thiocarbonyl (C=S) groups is 1. The molecule has 1 amide bonds. The Hall–Kier alpha value is -3.92. The van der Waals surface area contributed by atoms with Gasteiger partial charge in [0.25, 0.3) is 5.91 Å². The molecule has 0 saturated carbocycles. The van der Waals surface area contributed by atoms with Crippen LogP contribution in [0, 0.1) is 6.92 Å². The SMILES string of the molecule is CCOC(=O)C1=C(C)NC(=S)N[C@@H]1c1ccccc1OCC(=O)NN=Cc1ccc(OC)c(C)c1. The maximum absolute atomic E-state index is 12.6. The molecule has 0 bridgehead atoms. The van der Waals surface area contributed by atoms with Gasteiger partial charge in [0, 0.05) is 11.3 Å². The van der Waals surface area contributed by atoms with E-state index in [1.807, 2.05) is 31.2 Å². The van der Waals surface area contributed by atoms with Crippen LogP contribution in [-0.2, 0) is 14.3 Å². The van der Waals surface area contributed by atoms with E-state index in [-0.39, 0.29) is 13.2 Å². The molecular weight excluding hydrogens is 468 g/mol. The van der Waals surface area contributed by atoms with Gasteiger partial charge in [0.05, 0.1) is 31.5 Å². The number of nitrogens with zero attached hydrogens (tertiary/aromatic N) is 1. The van der Waals surface area contributed by atoms with Crippen molar-refractivity contribution in [2.24, 2.45) is 5.10 Å². The molecule has 0 aromatic heterocycles. The summed E-state index contributed by atoms with van der Waals surface area (Å²) in [4.78, 5) is 25.0. The first-order valence-electron chi connectivity index (χ1n) is 11.0. The van der Waals surface area contributed by atoms with Gasteiger partial charge in [-0.2, -0.15) is 5.10 Å². The van der Waals surface area contributed by atoms with Gasteiger partial charge in [-0.25, -0.2) is 10.2 Å². The van der Waals surface area contributed by atoms with Gasteiger partial charge in [0.15, 0.2) is 11.7 Å². The number of hydrogen-bond donors (Lipinski definition) is 3. The van der Waals surface area contributed by atoms with Crippen LogP contribution in [0.25, 0.3) is 0 Å². The number of para-hydroxylation sites is 1. The standard InChI is InChI=1S/C25H28N4O5S/c1-5-33-24(31)22-16(3)27-25(35)28-23(22)18-8-6-7-9-20(18)34-14-21(30)29-26-13-17-10-11-19(32-4)15(2)12-17/h6-13,23H,5,14H2,1-4H3,(H,29,30)(H2,27,28,35)/t23-/m1/s1. The molecule has 1 aliphatic rings. The zero-order valence-electron chi connectivity index (χ0n) is 20.0. The number of amides is 1. The van der Waals surface area contributed by atoms with E-state index in [0.29, 0.717) is 27.7 Å². The molecule has 184 valence electrons. The van der Waals surface area contributed by atoms with Crippen LogP contribution in [0.4, 0.5) is 0 Å². The first-order chi connectivity index (χ1) is 16.8. The molecule has 1 atom stereocenters. The molecule has 3 rings (SSSR count). The van der Waals surface area contributed by atoms with Gasteiger partial charge in [0.1, 0.15) is 11.5 Å². The van der Waals surface area contributed by atoms with Crippen molar-refractivity contribution in [1.29, 1.82) is 0 Å². The van der Waals surface area contributed by atoms with E-state index in [0.717, 1.165) is 16.9 Å². The molecule has 1 heterocycles. The van der Waals surface area contributed by atoms with Crippen molar-refractivity contribution in [2.45, 2.75) is 26.8 Å². The monoisotopic (exact) mass is 496 g/mol. The number of rotatable bonds is 9. The number of allylic oxidation sites excluding steroid dienone is 1. The molecule has 0 unspecified atom stereocenters. The third kappa shape index (κ3) is 6.57. The van der Waals surface area contributed by atoms with Gasteiger partial charge in [-0.3, -0.25) is 4.79 Å². The summed E-state index contributed by atoms with van der Waals surface area (Å²) in [6.07, 6.45) is 1.54. The van der Waals surface area contributed by atoms with E-state index in [9.17, 15) is 9.59 Å². The zero-order chi connectivity index (χ0) is 25.4. The number of esters is 1. The summed E-state index contributed by atoms with van der Waals surface area (Å²) in [5.74, 6) is 0.299. The normalized spacial score (nSPS) is 15.3. The highest BCUT2D eigenvalue weighted by molar-refractivity contribution is 7.80. The van der Waals surface area contributed by atoms with Gasteiger partial charge in [-0.15, -0.1) is 0 Å². The quantitative estimate of drug-likeness (QED) is 0.210. The van der Waals surface area contributed by atoms with E-state index in [2.05, 4.69) is 21.2 Å². The largest absolute Gasteiger partial charge is 0.496 e. The number of carbonyl (C=O) groups excluding carboxylic acids is 2. The Kier molecular flexibility index (Phi) is 8.80. The molecule has 0 spiro atoms. The molecule has 1 aliphatic heterocycles. The van der Waals surface area contributed by atoms with E-state index < -0.39 is 17.9 Å². The maximum atomic E-state index is 12.6. The lowest BCUT2D eigenvalue weighted by Gasteiger charge is -2.30. The predicted molar refractivity (Wildman–Crippen MR) is 136 cm³/mol. The average molecular weight is 497 g/mol. The molecule has 0 aliphatic carbocycles. The Labute approximate surface area is 209 Å². The molecule has 3 N–H and O–H groups in total. The number of nitrogens with one attached hydrogen (secondary N) is 3. The summed E-state index contributed by atoms with van der Waals surface area (Å²) in [5.41, 5.74) is 5.85. The van der Waals surface area contributed by atoms with Gasteiger partial charge < -0.3 is 24.8 Å². The molecular formula is C25H28N4O5S. The smallest absolute Gasteiger partial charge is 0.338 e. The minimum absolute atomic E-state index is 0.238. The lowest BCUT2D eigenvalue weighted by molar-refractivity contribution is -0.139. The summed E-state index contributed by atoms with van der Waals surface area (Å²) < 4.78 is 16.3. The second kappa shape index (κ2) is 12.0. The molecule has 2 aromatic rings. The summed E-state index contributed by atoms with van der Waals surface area (Å²) in [5, 5.41) is 10.4.